The minimum atomic E-state index is -0.0719. The number of aromatic amines is 2. The molecule has 0 bridgehead atoms. The molecule has 7 heteroatoms. The molecule has 1 saturated heterocycles. The molecule has 2 unspecified atom stereocenters. The quantitative estimate of drug-likeness (QED) is 0.757. The van der Waals surface area contributed by atoms with Gasteiger partial charge in [-0.05, 0) is 26.7 Å². The molecule has 0 saturated carbocycles. The molecule has 4 N–H and O–H groups in total. The largest absolute Gasteiger partial charge is 0.364 e. The Morgan fingerprint density at radius 3 is 3.05 bits per heavy atom. The van der Waals surface area contributed by atoms with Crippen molar-refractivity contribution in [1.29, 1.82) is 0 Å². The van der Waals surface area contributed by atoms with Gasteiger partial charge in [-0.2, -0.15) is 4.98 Å². The molecule has 0 aromatic carbocycles. The van der Waals surface area contributed by atoms with E-state index in [1.165, 1.54) is 0 Å². The van der Waals surface area contributed by atoms with E-state index in [1.54, 1.807) is 12.3 Å². The molecule has 0 radical (unpaired) electrons. The zero-order valence-electron chi connectivity index (χ0n) is 12.3. The number of piperidine rings is 1. The Morgan fingerprint density at radius 1 is 1.48 bits per heavy atom. The van der Waals surface area contributed by atoms with E-state index in [2.05, 4.69) is 32.0 Å². The van der Waals surface area contributed by atoms with Crippen LogP contribution in [0.4, 0.5) is 5.95 Å². The van der Waals surface area contributed by atoms with Gasteiger partial charge in [0.15, 0.2) is 11.3 Å². The van der Waals surface area contributed by atoms with Crippen LogP contribution in [0.3, 0.4) is 0 Å². The lowest BCUT2D eigenvalue weighted by atomic mass is 9.99. The minimum Gasteiger partial charge on any atom is -0.364 e. The fourth-order valence-electron chi connectivity index (χ4n) is 2.72. The van der Waals surface area contributed by atoms with E-state index in [-0.39, 0.29) is 17.5 Å². The molecule has 0 spiro atoms. The van der Waals surface area contributed by atoms with Gasteiger partial charge >= 0.3 is 0 Å². The number of hydrogen-bond acceptors (Lipinski definition) is 5. The Bertz CT molecular complexity index is 691. The highest BCUT2D eigenvalue weighted by Gasteiger charge is 2.28. The fraction of sp³-hybridized carbons (Fsp3) is 0.500. The van der Waals surface area contributed by atoms with Crippen LogP contribution >= 0.6 is 0 Å². The lowest BCUT2D eigenvalue weighted by molar-refractivity contribution is 0.416. The number of rotatable bonds is 2. The van der Waals surface area contributed by atoms with E-state index in [0.29, 0.717) is 17.3 Å². The number of aryl methyl sites for hydroxylation is 1. The molecule has 1 aliphatic rings. The van der Waals surface area contributed by atoms with Crippen LogP contribution in [-0.4, -0.2) is 38.8 Å². The van der Waals surface area contributed by atoms with E-state index < -0.39 is 0 Å². The Hall–Kier alpha value is -2.15. The first-order chi connectivity index (χ1) is 10.1. The van der Waals surface area contributed by atoms with Crippen LogP contribution in [0, 0.1) is 6.92 Å². The number of H-pyrrole nitrogens is 2. The average molecular weight is 288 g/mol. The van der Waals surface area contributed by atoms with Gasteiger partial charge in [0.25, 0.3) is 0 Å². The Balaban J connectivity index is 1.91. The van der Waals surface area contributed by atoms with E-state index in [1.807, 2.05) is 6.92 Å². The van der Waals surface area contributed by atoms with Gasteiger partial charge in [0.1, 0.15) is 0 Å². The topological polar surface area (TPSA) is 104 Å². The third kappa shape index (κ3) is 2.56. The maximum Gasteiger partial charge on any atom is 0.245 e. The molecule has 21 heavy (non-hydrogen) atoms. The van der Waals surface area contributed by atoms with Crippen LogP contribution in [0.2, 0.25) is 0 Å². The van der Waals surface area contributed by atoms with Crippen molar-refractivity contribution in [2.45, 2.75) is 38.8 Å². The molecule has 3 heterocycles. The Labute approximate surface area is 122 Å². The van der Waals surface area contributed by atoms with Crippen LogP contribution in [-0.2, 0) is 0 Å². The third-order valence-corrected chi connectivity index (χ3v) is 4.09. The van der Waals surface area contributed by atoms with Gasteiger partial charge in [0.05, 0.1) is 5.56 Å². The first kappa shape index (κ1) is 13.8. The summed E-state index contributed by atoms with van der Waals surface area (Å²) in [6, 6.07) is 1.87. The average Bonchev–Trinajstić information content (AvgIpc) is 2.91. The molecular weight excluding hydrogens is 268 g/mol. The number of aromatic nitrogens is 4. The van der Waals surface area contributed by atoms with Crippen LogP contribution in [0.15, 0.2) is 17.1 Å². The van der Waals surface area contributed by atoms with Crippen molar-refractivity contribution >= 4 is 5.95 Å². The summed E-state index contributed by atoms with van der Waals surface area (Å²) in [5.41, 5.74) is 7.34. The van der Waals surface area contributed by atoms with Gasteiger partial charge in [0, 0.05) is 36.6 Å². The molecule has 2 aromatic rings. The van der Waals surface area contributed by atoms with Crippen LogP contribution in [0.5, 0.6) is 0 Å². The third-order valence-electron chi connectivity index (χ3n) is 4.09. The summed E-state index contributed by atoms with van der Waals surface area (Å²) in [5.74, 6) is 1.09. The highest BCUT2D eigenvalue weighted by molar-refractivity contribution is 5.55. The first-order valence-electron chi connectivity index (χ1n) is 7.20. The number of pyridine rings is 1. The molecule has 7 nitrogen and oxygen atoms in total. The number of nitrogens with zero attached hydrogens (tertiary/aromatic N) is 3. The van der Waals surface area contributed by atoms with Crippen molar-refractivity contribution in [2.75, 3.05) is 11.4 Å². The van der Waals surface area contributed by atoms with Crippen molar-refractivity contribution < 1.29 is 0 Å². The van der Waals surface area contributed by atoms with Crippen molar-refractivity contribution in [1.82, 2.24) is 20.2 Å². The van der Waals surface area contributed by atoms with Gasteiger partial charge in [-0.25, -0.2) is 0 Å². The highest BCUT2D eigenvalue weighted by Crippen LogP contribution is 2.22. The number of nitrogens with two attached hydrogens (primary N) is 1. The molecule has 1 aliphatic heterocycles. The summed E-state index contributed by atoms with van der Waals surface area (Å²) >= 11 is 0. The van der Waals surface area contributed by atoms with Crippen molar-refractivity contribution in [3.63, 3.8) is 0 Å². The minimum absolute atomic E-state index is 0.0719. The summed E-state index contributed by atoms with van der Waals surface area (Å²) in [6.45, 7) is 4.81. The van der Waals surface area contributed by atoms with E-state index in [4.69, 9.17) is 5.73 Å². The van der Waals surface area contributed by atoms with Gasteiger partial charge in [-0.15, -0.1) is 5.10 Å². The molecular formula is C14H20N6O. The SMILES string of the molecule is Cc1cc(=O)c(-c2nc(N3CCCC(N)C3C)n[nH]2)c[nH]1. The smallest absolute Gasteiger partial charge is 0.245 e. The molecule has 112 valence electrons. The van der Waals surface area contributed by atoms with Gasteiger partial charge < -0.3 is 15.6 Å². The summed E-state index contributed by atoms with van der Waals surface area (Å²) < 4.78 is 0. The maximum absolute atomic E-state index is 12.0. The highest BCUT2D eigenvalue weighted by atomic mass is 16.1. The molecule has 2 atom stereocenters. The summed E-state index contributed by atoms with van der Waals surface area (Å²) in [4.78, 5) is 21.6. The standard InChI is InChI=1S/C14H20N6O/c1-8-6-12(21)10(7-16-8)13-17-14(19-18-13)20-5-3-4-11(15)9(20)2/h6-7,9,11H,3-5,15H2,1-2H3,(H,16,21)(H,17,18,19). The van der Waals surface area contributed by atoms with E-state index >= 15 is 0 Å². The van der Waals surface area contributed by atoms with Gasteiger partial charge in [0.2, 0.25) is 5.95 Å². The second-order valence-corrected chi connectivity index (χ2v) is 5.62. The fourth-order valence-corrected chi connectivity index (χ4v) is 2.72. The summed E-state index contributed by atoms with van der Waals surface area (Å²) in [5, 5.41) is 7.10. The Kier molecular flexibility index (Phi) is 3.50. The van der Waals surface area contributed by atoms with E-state index in [9.17, 15) is 4.79 Å². The Morgan fingerprint density at radius 2 is 2.29 bits per heavy atom. The maximum atomic E-state index is 12.0. The lowest BCUT2D eigenvalue weighted by Gasteiger charge is -2.36. The molecule has 0 amide bonds. The predicted molar refractivity (Wildman–Crippen MR) is 81.2 cm³/mol. The summed E-state index contributed by atoms with van der Waals surface area (Å²) in [6.07, 6.45) is 3.71. The van der Waals surface area contributed by atoms with Crippen LogP contribution in [0.1, 0.15) is 25.5 Å². The second-order valence-electron chi connectivity index (χ2n) is 5.62. The van der Waals surface area contributed by atoms with Crippen LogP contribution < -0.4 is 16.1 Å². The van der Waals surface area contributed by atoms with Gasteiger partial charge in [-0.1, -0.05) is 0 Å². The zero-order valence-corrected chi connectivity index (χ0v) is 12.3. The molecule has 3 rings (SSSR count). The number of hydrogen-bond donors (Lipinski definition) is 3. The van der Waals surface area contributed by atoms with Crippen LogP contribution in [0.25, 0.3) is 11.4 Å². The number of nitrogens with one attached hydrogen (secondary N) is 2. The lowest BCUT2D eigenvalue weighted by Crippen LogP contribution is -2.50. The zero-order chi connectivity index (χ0) is 15.0. The number of anilines is 1. The van der Waals surface area contributed by atoms with Crippen molar-refractivity contribution in [3.05, 3.63) is 28.2 Å². The van der Waals surface area contributed by atoms with Gasteiger partial charge in [-0.3, -0.25) is 9.89 Å². The summed E-state index contributed by atoms with van der Waals surface area (Å²) in [7, 11) is 0. The predicted octanol–water partition coefficient (Wildman–Crippen LogP) is 0.784. The monoisotopic (exact) mass is 288 g/mol. The van der Waals surface area contributed by atoms with Crippen molar-refractivity contribution in [3.8, 4) is 11.4 Å². The molecule has 2 aromatic heterocycles. The first-order valence-corrected chi connectivity index (χ1v) is 7.20. The molecule has 1 fully saturated rings. The molecule has 0 aliphatic carbocycles. The normalized spacial score (nSPS) is 22.5. The van der Waals surface area contributed by atoms with Crippen molar-refractivity contribution in [2.24, 2.45) is 5.73 Å². The van der Waals surface area contributed by atoms with E-state index in [0.717, 1.165) is 25.1 Å². The second kappa shape index (κ2) is 5.33.